The first kappa shape index (κ1) is 18.8. The van der Waals surface area contributed by atoms with Crippen LogP contribution in [-0.4, -0.2) is 49.8 Å². The molecule has 2 N–H and O–H groups in total. The van der Waals surface area contributed by atoms with Gasteiger partial charge in [-0.25, -0.2) is 0 Å². The topological polar surface area (TPSA) is 49.5 Å². The van der Waals surface area contributed by atoms with Crippen LogP contribution in [0, 0.1) is 0 Å². The Balaban J connectivity index is 1.31. The zero-order chi connectivity index (χ0) is 19.8. The molecule has 1 spiro atoms. The summed E-state index contributed by atoms with van der Waals surface area (Å²) in [6.07, 6.45) is 2.14. The molecule has 5 rings (SSSR count). The largest absolute Gasteiger partial charge is 0.497 e. The van der Waals surface area contributed by atoms with Gasteiger partial charge in [0.15, 0.2) is 0 Å². The summed E-state index contributed by atoms with van der Waals surface area (Å²) in [4.78, 5) is 6.20. The van der Waals surface area contributed by atoms with E-state index in [0.29, 0.717) is 11.6 Å². The van der Waals surface area contributed by atoms with Gasteiger partial charge in [0, 0.05) is 47.8 Å². The molecule has 2 aliphatic heterocycles. The number of aromatic nitrogens is 1. The summed E-state index contributed by atoms with van der Waals surface area (Å²) in [6.45, 7) is 4.61. The van der Waals surface area contributed by atoms with Crippen LogP contribution in [0.4, 0.5) is 0 Å². The van der Waals surface area contributed by atoms with Crippen LogP contribution in [-0.2, 0) is 12.0 Å². The van der Waals surface area contributed by atoms with Crippen molar-refractivity contribution >= 4 is 22.5 Å². The van der Waals surface area contributed by atoms with Gasteiger partial charge in [-0.05, 0) is 54.8 Å². The minimum Gasteiger partial charge on any atom is -0.497 e. The van der Waals surface area contributed by atoms with Crippen molar-refractivity contribution in [2.75, 3.05) is 39.9 Å². The number of methoxy groups -OCH3 is 1. The van der Waals surface area contributed by atoms with Gasteiger partial charge in [-0.2, -0.15) is 0 Å². The summed E-state index contributed by atoms with van der Waals surface area (Å²) in [7, 11) is 1.73. The number of nitrogens with one attached hydrogen (secondary N) is 2. The molecule has 3 heterocycles. The van der Waals surface area contributed by atoms with Gasteiger partial charge in [0.1, 0.15) is 18.1 Å². The number of benzene rings is 2. The van der Waals surface area contributed by atoms with E-state index in [9.17, 15) is 0 Å². The first-order valence-corrected chi connectivity index (χ1v) is 10.6. The van der Waals surface area contributed by atoms with Crippen molar-refractivity contribution in [3.63, 3.8) is 0 Å². The average Bonchev–Trinajstić information content (AvgIpc) is 3.31. The minimum atomic E-state index is -0.00407. The molecule has 2 aromatic carbocycles. The van der Waals surface area contributed by atoms with Crippen LogP contribution in [0.1, 0.15) is 17.7 Å². The zero-order valence-electron chi connectivity index (χ0n) is 16.6. The van der Waals surface area contributed by atoms with Gasteiger partial charge in [-0.1, -0.05) is 17.7 Å². The molecule has 0 amide bonds. The van der Waals surface area contributed by atoms with Crippen molar-refractivity contribution < 1.29 is 9.47 Å². The number of rotatable bonds is 5. The molecule has 1 atom stereocenters. The fourth-order valence-corrected chi connectivity index (χ4v) is 4.99. The fraction of sp³-hybridized carbons (Fsp3) is 0.391. The van der Waals surface area contributed by atoms with Crippen molar-refractivity contribution in [1.29, 1.82) is 0 Å². The predicted octanol–water partition coefficient (Wildman–Crippen LogP) is 3.96. The highest BCUT2D eigenvalue weighted by molar-refractivity contribution is 6.30. The SMILES string of the molecule is COc1ccc2[nH]c3c(c2c1)CCNC31CCN(CCOc2cccc(Cl)c2)C1. The number of halogens is 1. The lowest BCUT2D eigenvalue weighted by molar-refractivity contribution is 0.218. The van der Waals surface area contributed by atoms with Crippen LogP contribution in [0.3, 0.4) is 0 Å². The number of hydrogen-bond donors (Lipinski definition) is 2. The molecular weight excluding hydrogens is 386 g/mol. The van der Waals surface area contributed by atoms with Gasteiger partial charge < -0.3 is 19.8 Å². The number of hydrogen-bond acceptors (Lipinski definition) is 4. The van der Waals surface area contributed by atoms with Crippen molar-refractivity contribution in [1.82, 2.24) is 15.2 Å². The summed E-state index contributed by atoms with van der Waals surface area (Å²) in [6, 6.07) is 13.9. The molecule has 0 bridgehead atoms. The second kappa shape index (κ2) is 7.56. The van der Waals surface area contributed by atoms with Crippen LogP contribution in [0.2, 0.25) is 5.02 Å². The van der Waals surface area contributed by atoms with Gasteiger partial charge in [-0.15, -0.1) is 0 Å². The lowest BCUT2D eigenvalue weighted by Gasteiger charge is -2.35. The third-order valence-electron chi connectivity index (χ3n) is 6.25. The molecule has 6 heteroatoms. The van der Waals surface area contributed by atoms with E-state index in [1.54, 1.807) is 7.11 Å². The second-order valence-electron chi connectivity index (χ2n) is 7.98. The summed E-state index contributed by atoms with van der Waals surface area (Å²) < 4.78 is 11.3. The van der Waals surface area contributed by atoms with E-state index in [4.69, 9.17) is 21.1 Å². The molecule has 2 aliphatic rings. The third-order valence-corrected chi connectivity index (χ3v) is 6.49. The van der Waals surface area contributed by atoms with Crippen molar-refractivity contribution in [2.45, 2.75) is 18.4 Å². The maximum atomic E-state index is 6.04. The highest BCUT2D eigenvalue weighted by Crippen LogP contribution is 2.40. The Labute approximate surface area is 175 Å². The number of H-pyrrole nitrogens is 1. The number of ether oxygens (including phenoxy) is 2. The van der Waals surface area contributed by atoms with E-state index in [1.165, 1.54) is 22.2 Å². The van der Waals surface area contributed by atoms with Crippen molar-refractivity contribution in [2.24, 2.45) is 0 Å². The minimum absolute atomic E-state index is 0.00407. The van der Waals surface area contributed by atoms with E-state index >= 15 is 0 Å². The summed E-state index contributed by atoms with van der Waals surface area (Å²) in [5.74, 6) is 1.74. The first-order chi connectivity index (χ1) is 14.2. The van der Waals surface area contributed by atoms with Crippen LogP contribution < -0.4 is 14.8 Å². The average molecular weight is 412 g/mol. The van der Waals surface area contributed by atoms with E-state index in [2.05, 4.69) is 27.3 Å². The number of likely N-dealkylation sites (tertiary alicyclic amines) is 1. The molecule has 0 radical (unpaired) electrons. The quantitative estimate of drug-likeness (QED) is 0.667. The Morgan fingerprint density at radius 1 is 1.17 bits per heavy atom. The second-order valence-corrected chi connectivity index (χ2v) is 8.42. The Hall–Kier alpha value is -2.21. The van der Waals surface area contributed by atoms with Crippen LogP contribution in [0.15, 0.2) is 42.5 Å². The Bertz CT molecular complexity index is 1030. The molecule has 1 unspecified atom stereocenters. The molecule has 1 fully saturated rings. The zero-order valence-corrected chi connectivity index (χ0v) is 17.4. The maximum Gasteiger partial charge on any atom is 0.120 e. The number of fused-ring (bicyclic) bond motifs is 4. The molecule has 29 heavy (non-hydrogen) atoms. The van der Waals surface area contributed by atoms with Gasteiger partial charge in [0.2, 0.25) is 0 Å². The van der Waals surface area contributed by atoms with E-state index in [-0.39, 0.29) is 5.54 Å². The molecule has 0 saturated carbocycles. The fourth-order valence-electron chi connectivity index (χ4n) is 4.81. The van der Waals surface area contributed by atoms with Gasteiger partial charge in [-0.3, -0.25) is 4.90 Å². The normalized spacial score (nSPS) is 21.6. The lowest BCUT2D eigenvalue weighted by atomic mass is 9.86. The third kappa shape index (κ3) is 3.48. The number of aromatic amines is 1. The molecule has 3 aromatic rings. The van der Waals surface area contributed by atoms with Crippen LogP contribution in [0.5, 0.6) is 11.5 Å². The Morgan fingerprint density at radius 3 is 2.97 bits per heavy atom. The van der Waals surface area contributed by atoms with Crippen molar-refractivity contribution in [3.8, 4) is 11.5 Å². The van der Waals surface area contributed by atoms with Crippen LogP contribution >= 0.6 is 11.6 Å². The Morgan fingerprint density at radius 2 is 2.10 bits per heavy atom. The number of nitrogens with zero attached hydrogens (tertiary/aromatic N) is 1. The van der Waals surface area contributed by atoms with Gasteiger partial charge in [0.25, 0.3) is 0 Å². The van der Waals surface area contributed by atoms with E-state index in [1.807, 2.05) is 30.3 Å². The molecule has 152 valence electrons. The molecular formula is C23H26ClN3O2. The van der Waals surface area contributed by atoms with Gasteiger partial charge in [0.05, 0.1) is 12.6 Å². The van der Waals surface area contributed by atoms with E-state index < -0.39 is 0 Å². The summed E-state index contributed by atoms with van der Waals surface area (Å²) >= 11 is 6.04. The molecule has 1 saturated heterocycles. The molecule has 1 aromatic heterocycles. The summed E-state index contributed by atoms with van der Waals surface area (Å²) in [5.41, 5.74) is 3.98. The standard InChI is InChI=1S/C23H26ClN3O2/c1-28-17-5-6-21-20(14-17)19-7-9-25-23(22(19)26-21)8-10-27(15-23)11-12-29-18-4-2-3-16(24)13-18/h2-6,13-14,25-26H,7-12,15H2,1H3. The highest BCUT2D eigenvalue weighted by Gasteiger charge is 2.43. The van der Waals surface area contributed by atoms with Gasteiger partial charge >= 0.3 is 0 Å². The predicted molar refractivity (Wildman–Crippen MR) is 116 cm³/mol. The van der Waals surface area contributed by atoms with E-state index in [0.717, 1.165) is 50.5 Å². The van der Waals surface area contributed by atoms with Crippen LogP contribution in [0.25, 0.3) is 10.9 Å². The lowest BCUT2D eigenvalue weighted by Crippen LogP contribution is -2.49. The maximum absolute atomic E-state index is 6.04. The molecule has 0 aliphatic carbocycles. The summed E-state index contributed by atoms with van der Waals surface area (Å²) in [5, 5.41) is 5.82. The first-order valence-electron chi connectivity index (χ1n) is 10.2. The van der Waals surface area contributed by atoms with Crippen molar-refractivity contribution in [3.05, 3.63) is 58.7 Å². The molecule has 5 nitrogen and oxygen atoms in total. The highest BCUT2D eigenvalue weighted by atomic mass is 35.5. The monoisotopic (exact) mass is 411 g/mol. The Kier molecular flexibility index (Phi) is 4.90. The smallest absolute Gasteiger partial charge is 0.120 e.